The summed E-state index contributed by atoms with van der Waals surface area (Å²) in [5, 5.41) is 8.35. The van der Waals surface area contributed by atoms with E-state index >= 15 is 0 Å². The second kappa shape index (κ2) is 10.8. The van der Waals surface area contributed by atoms with Crippen molar-refractivity contribution in [3.63, 3.8) is 0 Å². The number of halogens is 6. The molecule has 0 N–H and O–H groups in total. The number of aryl methyl sites for hydroxylation is 1. The van der Waals surface area contributed by atoms with Crippen LogP contribution < -0.4 is 5.69 Å². The van der Waals surface area contributed by atoms with E-state index < -0.39 is 35.6 Å². The number of rotatable bonds is 6. The van der Waals surface area contributed by atoms with Gasteiger partial charge in [-0.2, -0.15) is 26.3 Å². The Bertz CT molecular complexity index is 1680. The molecular weight excluding hydrogens is 574 g/mol. The van der Waals surface area contributed by atoms with Crippen molar-refractivity contribution < 1.29 is 26.3 Å². The average molecular weight is 607 g/mol. The van der Waals surface area contributed by atoms with Crippen LogP contribution in [0.1, 0.15) is 73.5 Å². The summed E-state index contributed by atoms with van der Waals surface area (Å²) in [7, 11) is 1.86. The molecule has 2 fully saturated rings. The van der Waals surface area contributed by atoms with Gasteiger partial charge in [0.2, 0.25) is 0 Å². The van der Waals surface area contributed by atoms with E-state index in [4.69, 9.17) is 0 Å². The Kier molecular flexibility index (Phi) is 7.42. The number of benzene rings is 1. The summed E-state index contributed by atoms with van der Waals surface area (Å²) in [6.45, 7) is 1.60. The number of alkyl halides is 6. The van der Waals surface area contributed by atoms with Crippen LogP contribution in [0.3, 0.4) is 0 Å². The number of hydrogen-bond donors (Lipinski definition) is 0. The second-order valence-corrected chi connectivity index (χ2v) is 11.8. The van der Waals surface area contributed by atoms with Crippen molar-refractivity contribution in [1.29, 1.82) is 0 Å². The second-order valence-electron chi connectivity index (χ2n) is 11.8. The van der Waals surface area contributed by atoms with Crippen molar-refractivity contribution in [2.24, 2.45) is 18.9 Å². The summed E-state index contributed by atoms with van der Waals surface area (Å²) in [4.78, 5) is 15.2. The maximum Gasteiger partial charge on any atom is 0.418 e. The van der Waals surface area contributed by atoms with Crippen molar-refractivity contribution in [3.05, 3.63) is 82.1 Å². The first-order valence-electron chi connectivity index (χ1n) is 14.4. The van der Waals surface area contributed by atoms with E-state index in [-0.39, 0.29) is 36.4 Å². The largest absolute Gasteiger partial charge is 0.418 e. The molecule has 3 atom stereocenters. The van der Waals surface area contributed by atoms with Crippen molar-refractivity contribution in [2.75, 3.05) is 13.1 Å². The highest BCUT2D eigenvalue weighted by atomic mass is 19.4. The molecule has 2 aliphatic rings. The topological polar surface area (TPSA) is 60.4 Å². The van der Waals surface area contributed by atoms with Gasteiger partial charge in [0.15, 0.2) is 0 Å². The number of pyridine rings is 1. The summed E-state index contributed by atoms with van der Waals surface area (Å²) in [6.07, 6.45) is -1.66. The molecule has 3 aromatic heterocycles. The fraction of sp³-hybridized carbons (Fsp3) is 0.500. The van der Waals surface area contributed by atoms with Gasteiger partial charge in [-0.15, -0.1) is 10.2 Å². The van der Waals surface area contributed by atoms with Crippen LogP contribution in [0.5, 0.6) is 0 Å². The van der Waals surface area contributed by atoms with E-state index in [1.807, 2.05) is 17.7 Å². The molecule has 1 saturated carbocycles. The predicted molar refractivity (Wildman–Crippen MR) is 147 cm³/mol. The Hall–Kier alpha value is -3.61. The summed E-state index contributed by atoms with van der Waals surface area (Å²) in [5.41, 5.74) is -0.616. The van der Waals surface area contributed by atoms with E-state index in [9.17, 15) is 31.1 Å². The number of imidazole rings is 1. The van der Waals surface area contributed by atoms with Crippen LogP contribution in [0.2, 0.25) is 0 Å². The quantitative estimate of drug-likeness (QED) is 0.235. The Morgan fingerprint density at radius 2 is 1.74 bits per heavy atom. The zero-order valence-corrected chi connectivity index (χ0v) is 23.7. The lowest BCUT2D eigenvalue weighted by Crippen LogP contribution is -2.42. The van der Waals surface area contributed by atoms with E-state index in [2.05, 4.69) is 10.2 Å². The molecule has 0 radical (unpaired) electrons. The summed E-state index contributed by atoms with van der Waals surface area (Å²) in [5.74, 6) is -0.525. The van der Waals surface area contributed by atoms with Crippen molar-refractivity contribution in [1.82, 2.24) is 28.6 Å². The van der Waals surface area contributed by atoms with Gasteiger partial charge >= 0.3 is 18.0 Å². The van der Waals surface area contributed by atoms with Crippen LogP contribution in [0.4, 0.5) is 26.3 Å². The Labute approximate surface area is 243 Å². The number of piperidine rings is 1. The van der Waals surface area contributed by atoms with Crippen LogP contribution in [0.25, 0.3) is 11.2 Å². The zero-order valence-electron chi connectivity index (χ0n) is 23.7. The molecule has 0 unspecified atom stereocenters. The van der Waals surface area contributed by atoms with E-state index in [0.717, 1.165) is 41.1 Å². The van der Waals surface area contributed by atoms with Gasteiger partial charge in [0, 0.05) is 37.9 Å². The van der Waals surface area contributed by atoms with Gasteiger partial charge < -0.3 is 4.57 Å². The average Bonchev–Trinajstić information content (AvgIpc) is 3.51. The lowest BCUT2D eigenvalue weighted by molar-refractivity contribution is -0.188. The predicted octanol–water partition coefficient (Wildman–Crippen LogP) is 6.50. The van der Waals surface area contributed by atoms with Crippen molar-refractivity contribution in [2.45, 2.75) is 63.3 Å². The molecule has 1 aliphatic heterocycles. The molecular formula is C30H32F6N6O. The molecule has 0 spiro atoms. The van der Waals surface area contributed by atoms with Crippen molar-refractivity contribution >= 4 is 5.52 Å². The smallest absolute Gasteiger partial charge is 0.320 e. The van der Waals surface area contributed by atoms with Gasteiger partial charge in [-0.3, -0.25) is 13.9 Å². The summed E-state index contributed by atoms with van der Waals surface area (Å²) < 4.78 is 87.4. The molecule has 7 nitrogen and oxygen atoms in total. The van der Waals surface area contributed by atoms with Crippen molar-refractivity contribution in [3.8, 4) is 5.69 Å². The fourth-order valence-corrected chi connectivity index (χ4v) is 6.53. The first kappa shape index (κ1) is 29.5. The standard InChI is InChI=1S/C30H32F6N6O/c1-18(40-11-5-9-22(15-40)29(31,32)33)21-13-24(30(34,35)36)25-16-41(28(43)42(25)14-21)23-10-4-8-20(12-23)26(19-6-3-7-19)27-38-37-17-39(27)2/h4,8,10,12-14,16-19,22,26H,3,5-7,9,11,15H2,1-2H3/t18-,22+,26+/m0/s1. The normalized spacial score (nSPS) is 20.3. The minimum absolute atomic E-state index is 0.0147. The van der Waals surface area contributed by atoms with E-state index in [0.29, 0.717) is 18.2 Å². The molecule has 13 heteroatoms. The van der Waals surface area contributed by atoms with E-state index in [1.165, 1.54) is 17.0 Å². The molecule has 230 valence electrons. The van der Waals surface area contributed by atoms with Gasteiger partial charge in [0.05, 0.1) is 22.7 Å². The monoisotopic (exact) mass is 606 g/mol. The van der Waals surface area contributed by atoms with Gasteiger partial charge in [-0.05, 0) is 74.4 Å². The molecule has 6 rings (SSSR count). The highest BCUT2D eigenvalue weighted by molar-refractivity contribution is 5.58. The molecule has 0 amide bonds. The lowest BCUT2D eigenvalue weighted by atomic mass is 9.72. The Balaban J connectivity index is 1.42. The molecule has 4 aromatic rings. The Morgan fingerprint density at radius 1 is 0.977 bits per heavy atom. The maximum atomic E-state index is 14.4. The third-order valence-electron chi connectivity index (χ3n) is 9.19. The molecule has 1 saturated heterocycles. The first-order valence-corrected chi connectivity index (χ1v) is 14.4. The highest BCUT2D eigenvalue weighted by Gasteiger charge is 2.43. The third-order valence-corrected chi connectivity index (χ3v) is 9.19. The lowest BCUT2D eigenvalue weighted by Gasteiger charge is -2.37. The number of hydrogen-bond acceptors (Lipinski definition) is 4. The number of likely N-dealkylation sites (tertiary alicyclic amines) is 1. The summed E-state index contributed by atoms with van der Waals surface area (Å²) in [6, 6.07) is 7.37. The van der Waals surface area contributed by atoms with Crippen LogP contribution in [0, 0.1) is 11.8 Å². The molecule has 43 heavy (non-hydrogen) atoms. The zero-order chi connectivity index (χ0) is 30.7. The Morgan fingerprint density at radius 3 is 2.37 bits per heavy atom. The fourth-order valence-electron chi connectivity index (χ4n) is 6.53. The minimum atomic E-state index is -4.79. The van der Waals surface area contributed by atoms with E-state index in [1.54, 1.807) is 36.4 Å². The van der Waals surface area contributed by atoms with Crippen LogP contribution in [-0.4, -0.2) is 47.9 Å². The SMILES string of the molecule is C[C@@H](c1cc(C(F)(F)F)c2cn(-c3cccc([C@H](c4nncn4C)C4CCC4)c3)c(=O)n2c1)N1CCC[C@@H](C(F)(F)F)C1. The van der Waals surface area contributed by atoms with Gasteiger partial charge in [-0.25, -0.2) is 4.79 Å². The molecule has 1 aromatic carbocycles. The van der Waals surface area contributed by atoms with Gasteiger partial charge in [-0.1, -0.05) is 18.6 Å². The van der Waals surface area contributed by atoms with Gasteiger partial charge in [0.1, 0.15) is 12.2 Å². The maximum absolute atomic E-state index is 14.4. The molecule has 0 bridgehead atoms. The highest BCUT2D eigenvalue weighted by Crippen LogP contribution is 2.43. The number of aromatic nitrogens is 5. The third kappa shape index (κ3) is 5.47. The molecule has 1 aliphatic carbocycles. The van der Waals surface area contributed by atoms with Crippen LogP contribution in [0.15, 0.2) is 53.8 Å². The minimum Gasteiger partial charge on any atom is -0.320 e. The molecule has 4 heterocycles. The van der Waals surface area contributed by atoms with Crippen LogP contribution in [-0.2, 0) is 13.2 Å². The number of fused-ring (bicyclic) bond motifs is 1. The van der Waals surface area contributed by atoms with Gasteiger partial charge in [0.25, 0.3) is 0 Å². The summed E-state index contributed by atoms with van der Waals surface area (Å²) >= 11 is 0. The number of nitrogens with zero attached hydrogens (tertiary/aromatic N) is 6. The van der Waals surface area contributed by atoms with Crippen LogP contribution >= 0.6 is 0 Å². The first-order chi connectivity index (χ1) is 20.3.